The molecule has 1 heteroatoms. The van der Waals surface area contributed by atoms with Gasteiger partial charge in [0.15, 0.2) is 0 Å². The molecule has 0 radical (unpaired) electrons. The highest BCUT2D eigenvalue weighted by Crippen LogP contribution is 2.40. The summed E-state index contributed by atoms with van der Waals surface area (Å²) in [5.41, 5.74) is 0. The van der Waals surface area contributed by atoms with Crippen molar-refractivity contribution in [1.82, 2.24) is 5.32 Å². The fraction of sp³-hybridized carbons (Fsp3) is 1.00. The summed E-state index contributed by atoms with van der Waals surface area (Å²) in [7, 11) is 0. The number of rotatable bonds is 3. The summed E-state index contributed by atoms with van der Waals surface area (Å²) >= 11 is 0. The van der Waals surface area contributed by atoms with Gasteiger partial charge in [-0.3, -0.25) is 0 Å². The van der Waals surface area contributed by atoms with Crippen LogP contribution >= 0.6 is 0 Å². The fourth-order valence-corrected chi connectivity index (χ4v) is 3.91. The molecular weight excluding hydrogens is 182 g/mol. The van der Waals surface area contributed by atoms with Gasteiger partial charge in [-0.2, -0.15) is 0 Å². The minimum absolute atomic E-state index is 1.04. The van der Waals surface area contributed by atoms with Crippen molar-refractivity contribution in [3.63, 3.8) is 0 Å². The Bertz CT molecular complexity index is 164. The van der Waals surface area contributed by atoms with Crippen LogP contribution < -0.4 is 5.32 Å². The van der Waals surface area contributed by atoms with Crippen LogP contribution in [0.5, 0.6) is 0 Å². The standard InChI is InChI=1S/C14H27N/c1-2-14(12-6-3-4-7-12)13-8-5-10-15-11-9-13/h12-15H,2-11H2,1H3. The Labute approximate surface area is 95.0 Å². The van der Waals surface area contributed by atoms with E-state index in [-0.39, 0.29) is 0 Å². The SMILES string of the molecule is CCC(C1CCCC1)C1CCCNCC1. The maximum absolute atomic E-state index is 3.55. The van der Waals surface area contributed by atoms with Crippen LogP contribution in [-0.2, 0) is 0 Å². The van der Waals surface area contributed by atoms with Crippen LogP contribution in [0.3, 0.4) is 0 Å². The van der Waals surface area contributed by atoms with E-state index in [0.717, 1.165) is 17.8 Å². The Balaban J connectivity index is 1.91. The molecule has 2 atom stereocenters. The van der Waals surface area contributed by atoms with Gasteiger partial charge < -0.3 is 5.32 Å². The summed E-state index contributed by atoms with van der Waals surface area (Å²) in [6.07, 6.45) is 11.8. The first-order chi connectivity index (χ1) is 7.42. The highest BCUT2D eigenvalue weighted by molar-refractivity contribution is 4.81. The molecule has 0 aromatic heterocycles. The second kappa shape index (κ2) is 5.89. The van der Waals surface area contributed by atoms with Crippen molar-refractivity contribution in [2.45, 2.75) is 58.3 Å². The van der Waals surface area contributed by atoms with Crippen molar-refractivity contribution in [2.24, 2.45) is 17.8 Å². The molecular formula is C14H27N. The van der Waals surface area contributed by atoms with Gasteiger partial charge in [0.25, 0.3) is 0 Å². The van der Waals surface area contributed by atoms with Crippen molar-refractivity contribution in [3.05, 3.63) is 0 Å². The number of hydrogen-bond acceptors (Lipinski definition) is 1. The fourth-order valence-electron chi connectivity index (χ4n) is 3.91. The summed E-state index contributed by atoms with van der Waals surface area (Å²) in [4.78, 5) is 0. The normalized spacial score (nSPS) is 31.4. The molecule has 0 aromatic carbocycles. The third kappa shape index (κ3) is 2.96. The van der Waals surface area contributed by atoms with Crippen LogP contribution in [0.4, 0.5) is 0 Å². The summed E-state index contributed by atoms with van der Waals surface area (Å²) in [6.45, 7) is 4.95. The molecule has 0 amide bonds. The molecule has 1 aliphatic heterocycles. The highest BCUT2D eigenvalue weighted by atomic mass is 14.8. The summed E-state index contributed by atoms with van der Waals surface area (Å²) in [5, 5.41) is 3.55. The zero-order valence-electron chi connectivity index (χ0n) is 10.3. The Kier molecular flexibility index (Phi) is 4.49. The van der Waals surface area contributed by atoms with E-state index in [2.05, 4.69) is 12.2 Å². The molecule has 2 aliphatic rings. The van der Waals surface area contributed by atoms with Gasteiger partial charge in [-0.15, -0.1) is 0 Å². The van der Waals surface area contributed by atoms with Crippen molar-refractivity contribution in [3.8, 4) is 0 Å². The highest BCUT2D eigenvalue weighted by Gasteiger charge is 2.30. The molecule has 1 saturated heterocycles. The van der Waals surface area contributed by atoms with E-state index in [1.54, 1.807) is 0 Å². The molecule has 2 unspecified atom stereocenters. The maximum Gasteiger partial charge on any atom is -0.00462 e. The lowest BCUT2D eigenvalue weighted by atomic mass is 9.75. The second-order valence-corrected chi connectivity index (χ2v) is 5.56. The molecule has 0 aromatic rings. The smallest absolute Gasteiger partial charge is 0.00462 e. The zero-order chi connectivity index (χ0) is 10.5. The molecule has 88 valence electrons. The minimum Gasteiger partial charge on any atom is -0.317 e. The van der Waals surface area contributed by atoms with Gasteiger partial charge in [0.05, 0.1) is 0 Å². The van der Waals surface area contributed by atoms with Gasteiger partial charge in [-0.05, 0) is 50.1 Å². The molecule has 1 nitrogen and oxygen atoms in total. The largest absolute Gasteiger partial charge is 0.317 e. The summed E-state index contributed by atoms with van der Waals surface area (Å²) in [5.74, 6) is 3.17. The Morgan fingerprint density at radius 2 is 1.60 bits per heavy atom. The van der Waals surface area contributed by atoms with E-state index in [1.807, 2.05) is 0 Å². The minimum atomic E-state index is 1.04. The molecule has 1 saturated carbocycles. The summed E-state index contributed by atoms with van der Waals surface area (Å²) < 4.78 is 0. The van der Waals surface area contributed by atoms with Gasteiger partial charge in [0, 0.05) is 0 Å². The van der Waals surface area contributed by atoms with Crippen LogP contribution in [-0.4, -0.2) is 13.1 Å². The van der Waals surface area contributed by atoms with Crippen molar-refractivity contribution < 1.29 is 0 Å². The molecule has 2 fully saturated rings. The molecule has 0 spiro atoms. The maximum atomic E-state index is 3.55. The predicted molar refractivity (Wildman–Crippen MR) is 65.9 cm³/mol. The molecule has 15 heavy (non-hydrogen) atoms. The number of nitrogens with one attached hydrogen (secondary N) is 1. The average Bonchev–Trinajstić information content (AvgIpc) is 2.63. The molecule has 2 rings (SSSR count). The van der Waals surface area contributed by atoms with Crippen LogP contribution in [0.1, 0.15) is 58.3 Å². The quantitative estimate of drug-likeness (QED) is 0.749. The molecule has 1 N–H and O–H groups in total. The van der Waals surface area contributed by atoms with Crippen LogP contribution in [0.2, 0.25) is 0 Å². The molecule has 0 bridgehead atoms. The van der Waals surface area contributed by atoms with E-state index >= 15 is 0 Å². The summed E-state index contributed by atoms with van der Waals surface area (Å²) in [6, 6.07) is 0. The topological polar surface area (TPSA) is 12.0 Å². The lowest BCUT2D eigenvalue weighted by Gasteiger charge is -2.30. The lowest BCUT2D eigenvalue weighted by molar-refractivity contribution is 0.204. The molecule has 1 heterocycles. The third-order valence-corrected chi connectivity index (χ3v) is 4.70. The van der Waals surface area contributed by atoms with E-state index in [4.69, 9.17) is 0 Å². The Hall–Kier alpha value is -0.0400. The van der Waals surface area contributed by atoms with E-state index in [9.17, 15) is 0 Å². The lowest BCUT2D eigenvalue weighted by Crippen LogP contribution is -2.23. The molecule has 1 aliphatic carbocycles. The van der Waals surface area contributed by atoms with Gasteiger partial charge in [0.1, 0.15) is 0 Å². The number of hydrogen-bond donors (Lipinski definition) is 1. The van der Waals surface area contributed by atoms with E-state index in [0.29, 0.717) is 0 Å². The van der Waals surface area contributed by atoms with Gasteiger partial charge in [-0.25, -0.2) is 0 Å². The Morgan fingerprint density at radius 3 is 2.33 bits per heavy atom. The predicted octanol–water partition coefficient (Wildman–Crippen LogP) is 3.59. The second-order valence-electron chi connectivity index (χ2n) is 5.56. The van der Waals surface area contributed by atoms with Gasteiger partial charge in [-0.1, -0.05) is 39.0 Å². The van der Waals surface area contributed by atoms with Gasteiger partial charge >= 0.3 is 0 Å². The zero-order valence-corrected chi connectivity index (χ0v) is 10.3. The average molecular weight is 209 g/mol. The first kappa shape index (κ1) is 11.4. The van der Waals surface area contributed by atoms with E-state index < -0.39 is 0 Å². The van der Waals surface area contributed by atoms with Crippen LogP contribution in [0.25, 0.3) is 0 Å². The van der Waals surface area contributed by atoms with Crippen molar-refractivity contribution >= 4 is 0 Å². The third-order valence-electron chi connectivity index (χ3n) is 4.70. The van der Waals surface area contributed by atoms with Crippen molar-refractivity contribution in [1.29, 1.82) is 0 Å². The Morgan fingerprint density at radius 1 is 0.933 bits per heavy atom. The van der Waals surface area contributed by atoms with Crippen LogP contribution in [0.15, 0.2) is 0 Å². The van der Waals surface area contributed by atoms with E-state index in [1.165, 1.54) is 64.5 Å². The first-order valence-electron chi connectivity index (χ1n) is 7.12. The first-order valence-corrected chi connectivity index (χ1v) is 7.12. The monoisotopic (exact) mass is 209 g/mol. The van der Waals surface area contributed by atoms with Crippen molar-refractivity contribution in [2.75, 3.05) is 13.1 Å². The van der Waals surface area contributed by atoms with Gasteiger partial charge in [0.2, 0.25) is 0 Å². The van der Waals surface area contributed by atoms with Crippen LogP contribution in [0, 0.1) is 17.8 Å².